The van der Waals surface area contributed by atoms with Gasteiger partial charge in [-0.1, -0.05) is 43.4 Å². The van der Waals surface area contributed by atoms with Gasteiger partial charge in [0.1, 0.15) is 0 Å². The molecule has 0 aromatic heterocycles. The van der Waals surface area contributed by atoms with Crippen molar-refractivity contribution in [1.29, 1.82) is 0 Å². The molecule has 1 N–H and O–H groups in total. The van der Waals surface area contributed by atoms with Crippen molar-refractivity contribution in [2.75, 3.05) is 0 Å². The van der Waals surface area contributed by atoms with E-state index in [2.05, 4.69) is 5.32 Å². The van der Waals surface area contributed by atoms with Gasteiger partial charge in [-0.15, -0.1) is 0 Å². The van der Waals surface area contributed by atoms with Crippen molar-refractivity contribution >= 4 is 35.7 Å². The van der Waals surface area contributed by atoms with Gasteiger partial charge in [0.2, 0.25) is 0 Å². The van der Waals surface area contributed by atoms with Gasteiger partial charge in [0.25, 0.3) is 17.3 Å². The number of non-ortho nitro benzene ring substituents is 2. The highest BCUT2D eigenvalue weighted by Crippen LogP contribution is 2.27. The van der Waals surface area contributed by atoms with Crippen molar-refractivity contribution in [3.8, 4) is 0 Å². The van der Waals surface area contributed by atoms with Gasteiger partial charge in [0, 0.05) is 12.1 Å². The highest BCUT2D eigenvalue weighted by Gasteiger charge is 2.24. The minimum Gasteiger partial charge on any atom is -0.345 e. The third kappa shape index (κ3) is 6.14. The van der Waals surface area contributed by atoms with E-state index in [1.807, 2.05) is 43.4 Å². The van der Waals surface area contributed by atoms with Crippen LogP contribution in [0.1, 0.15) is 28.4 Å². The molecule has 0 saturated carbocycles. The number of nitrogens with one attached hydrogen (secondary N) is 1. The summed E-state index contributed by atoms with van der Waals surface area (Å²) in [6.07, 6.45) is 0.593. The predicted octanol–water partition coefficient (Wildman–Crippen LogP) is 4.81. The van der Waals surface area contributed by atoms with E-state index in [4.69, 9.17) is 11.1 Å². The summed E-state index contributed by atoms with van der Waals surface area (Å²) >= 11 is 6.41. The fraction of sp³-hybridized carbons (Fsp3) is 0.278. The zero-order valence-electron chi connectivity index (χ0n) is 15.4. The lowest BCUT2D eigenvalue weighted by Crippen LogP contribution is -2.30. The summed E-state index contributed by atoms with van der Waals surface area (Å²) < 4.78 is 0. The standard InChI is InChI=1S/C18H20ClN3O5Si/c1-28(2,19)9-8-17(13-6-4-3-5-7-13)20-18(23)14-10-15(21(24)25)12-16(11-14)22(26)27/h3-7,10-12,17H,8-9H2,1-2H3,(H,20,23). The second-order valence-corrected chi connectivity index (χ2v) is 14.0. The molecule has 1 atom stereocenters. The van der Waals surface area contributed by atoms with Gasteiger partial charge in [0.15, 0.2) is 7.38 Å². The summed E-state index contributed by atoms with van der Waals surface area (Å²) in [5.41, 5.74) is -0.287. The Labute approximate surface area is 167 Å². The lowest BCUT2D eigenvalue weighted by molar-refractivity contribution is -0.394. The van der Waals surface area contributed by atoms with Crippen LogP contribution >= 0.6 is 11.1 Å². The molecule has 0 bridgehead atoms. The zero-order valence-corrected chi connectivity index (χ0v) is 17.2. The maximum Gasteiger partial charge on any atom is 0.277 e. The number of hydrogen-bond acceptors (Lipinski definition) is 5. The van der Waals surface area contributed by atoms with Crippen molar-refractivity contribution in [1.82, 2.24) is 5.32 Å². The normalized spacial score (nSPS) is 12.2. The SMILES string of the molecule is C[Si](C)(Cl)CCC(NC(=O)c1cc([N+](=O)[O-])cc([N+](=O)[O-])c1)c1ccccc1. The van der Waals surface area contributed by atoms with Gasteiger partial charge < -0.3 is 5.32 Å². The number of nitro benzene ring substituents is 2. The third-order valence-electron chi connectivity index (χ3n) is 4.12. The Balaban J connectivity index is 2.32. The molecule has 148 valence electrons. The lowest BCUT2D eigenvalue weighted by Gasteiger charge is -2.22. The van der Waals surface area contributed by atoms with Crippen molar-refractivity contribution in [2.24, 2.45) is 0 Å². The minimum atomic E-state index is -1.89. The molecule has 0 saturated heterocycles. The third-order valence-corrected chi connectivity index (χ3v) is 6.17. The highest BCUT2D eigenvalue weighted by molar-refractivity contribution is 7.19. The second kappa shape index (κ2) is 8.94. The second-order valence-electron chi connectivity index (χ2n) is 6.95. The Hall–Kier alpha value is -2.78. The highest BCUT2D eigenvalue weighted by atomic mass is 35.6. The molecule has 2 rings (SSSR count). The molecule has 1 amide bonds. The number of hydrogen-bond donors (Lipinski definition) is 1. The number of carbonyl (C=O) groups excluding carboxylic acids is 1. The number of amides is 1. The van der Waals surface area contributed by atoms with Crippen LogP contribution < -0.4 is 5.32 Å². The molecular formula is C18H20ClN3O5Si. The topological polar surface area (TPSA) is 115 Å². The summed E-state index contributed by atoms with van der Waals surface area (Å²) in [6, 6.07) is 12.5. The largest absolute Gasteiger partial charge is 0.345 e. The van der Waals surface area contributed by atoms with Crippen LogP contribution in [0.2, 0.25) is 19.1 Å². The van der Waals surface area contributed by atoms with Crippen LogP contribution in [0.3, 0.4) is 0 Å². The molecule has 1 unspecified atom stereocenters. The Kier molecular flexibility index (Phi) is 6.87. The molecule has 2 aromatic rings. The van der Waals surface area contributed by atoms with Crippen LogP contribution in [0.5, 0.6) is 0 Å². The Morgan fingerprint density at radius 2 is 1.61 bits per heavy atom. The van der Waals surface area contributed by atoms with Crippen LogP contribution in [-0.2, 0) is 0 Å². The fourth-order valence-electron chi connectivity index (χ4n) is 2.67. The van der Waals surface area contributed by atoms with E-state index in [1.54, 1.807) is 0 Å². The van der Waals surface area contributed by atoms with Gasteiger partial charge in [-0.2, -0.15) is 11.1 Å². The fourth-order valence-corrected chi connectivity index (χ4v) is 3.98. The van der Waals surface area contributed by atoms with Crippen LogP contribution in [0, 0.1) is 20.2 Å². The Morgan fingerprint density at radius 3 is 2.07 bits per heavy atom. The average molecular weight is 422 g/mol. The molecule has 0 heterocycles. The first-order valence-corrected chi connectivity index (χ1v) is 12.8. The summed E-state index contributed by atoms with van der Waals surface area (Å²) in [5, 5.41) is 24.9. The molecule has 0 spiro atoms. The first-order valence-electron chi connectivity index (χ1n) is 8.55. The number of carbonyl (C=O) groups is 1. The summed E-state index contributed by atoms with van der Waals surface area (Å²) in [6.45, 7) is 4.00. The molecule has 2 aromatic carbocycles. The molecule has 0 aliphatic rings. The first kappa shape index (κ1) is 21.5. The molecular weight excluding hydrogens is 402 g/mol. The van der Waals surface area contributed by atoms with Crippen molar-refractivity contribution in [2.45, 2.75) is 31.6 Å². The van der Waals surface area contributed by atoms with Gasteiger partial charge in [-0.3, -0.25) is 25.0 Å². The van der Waals surface area contributed by atoms with E-state index >= 15 is 0 Å². The van der Waals surface area contributed by atoms with E-state index < -0.39 is 34.5 Å². The summed E-state index contributed by atoms with van der Waals surface area (Å²) in [5.74, 6) is -0.616. The van der Waals surface area contributed by atoms with Gasteiger partial charge in [0.05, 0.1) is 27.5 Å². The number of nitrogens with zero attached hydrogens (tertiary/aromatic N) is 2. The number of nitro groups is 2. The summed E-state index contributed by atoms with van der Waals surface area (Å²) in [4.78, 5) is 33.3. The number of rotatable bonds is 8. The smallest absolute Gasteiger partial charge is 0.277 e. The first-order chi connectivity index (χ1) is 13.1. The van der Waals surface area contributed by atoms with Gasteiger partial charge in [-0.05, 0) is 18.0 Å². The quantitative estimate of drug-likeness (QED) is 0.284. The molecule has 0 aliphatic heterocycles. The molecule has 10 heteroatoms. The molecule has 8 nitrogen and oxygen atoms in total. The van der Waals surface area contributed by atoms with Crippen molar-refractivity contribution in [3.63, 3.8) is 0 Å². The molecule has 28 heavy (non-hydrogen) atoms. The van der Waals surface area contributed by atoms with Crippen LogP contribution in [0.4, 0.5) is 11.4 Å². The molecule has 0 aliphatic carbocycles. The lowest BCUT2D eigenvalue weighted by atomic mass is 10.0. The Bertz CT molecular complexity index is 854. The van der Waals surface area contributed by atoms with Crippen LogP contribution in [-0.4, -0.2) is 23.1 Å². The minimum absolute atomic E-state index is 0.135. The monoisotopic (exact) mass is 421 g/mol. The van der Waals surface area contributed by atoms with Crippen LogP contribution in [0.25, 0.3) is 0 Å². The van der Waals surface area contributed by atoms with Crippen molar-refractivity contribution < 1.29 is 14.6 Å². The maximum absolute atomic E-state index is 12.7. The van der Waals surface area contributed by atoms with E-state index in [0.29, 0.717) is 6.42 Å². The van der Waals surface area contributed by atoms with Gasteiger partial charge >= 0.3 is 0 Å². The Morgan fingerprint density at radius 1 is 1.07 bits per heavy atom. The number of halogens is 1. The average Bonchev–Trinajstić information content (AvgIpc) is 2.64. The van der Waals surface area contributed by atoms with E-state index in [9.17, 15) is 25.0 Å². The van der Waals surface area contributed by atoms with E-state index in [0.717, 1.165) is 29.8 Å². The van der Waals surface area contributed by atoms with Crippen LogP contribution in [0.15, 0.2) is 48.5 Å². The molecule has 0 radical (unpaired) electrons. The van der Waals surface area contributed by atoms with E-state index in [1.165, 1.54) is 0 Å². The maximum atomic E-state index is 12.7. The molecule has 0 fully saturated rings. The van der Waals surface area contributed by atoms with Gasteiger partial charge in [-0.25, -0.2) is 0 Å². The van der Waals surface area contributed by atoms with Crippen molar-refractivity contribution in [3.05, 3.63) is 79.9 Å². The van der Waals surface area contributed by atoms with E-state index in [-0.39, 0.29) is 11.6 Å². The zero-order chi connectivity index (χ0) is 20.9. The summed E-state index contributed by atoms with van der Waals surface area (Å²) in [7, 11) is -1.89. The number of benzene rings is 2. The predicted molar refractivity (Wildman–Crippen MR) is 109 cm³/mol.